The smallest absolute Gasteiger partial charge is 0.407 e. The van der Waals surface area contributed by atoms with E-state index < -0.39 is 24.4 Å². The van der Waals surface area contributed by atoms with Crippen LogP contribution in [0.5, 0.6) is 0 Å². The number of nitrogens with zero attached hydrogens (tertiary/aromatic N) is 1. The Kier molecular flexibility index (Phi) is 31.5. The summed E-state index contributed by atoms with van der Waals surface area (Å²) in [5.74, 6) is -0.757. The number of nitrogens with one attached hydrogen (secondary N) is 5. The van der Waals surface area contributed by atoms with Crippen molar-refractivity contribution in [3.8, 4) is 0 Å². The molecule has 5 amide bonds. The molecule has 1 unspecified atom stereocenters. The van der Waals surface area contributed by atoms with Crippen molar-refractivity contribution in [3.63, 3.8) is 0 Å². The van der Waals surface area contributed by atoms with Gasteiger partial charge in [0.2, 0.25) is 11.8 Å². The molecule has 20 heteroatoms. The lowest BCUT2D eigenvalue weighted by Crippen LogP contribution is -2.36. The SMILES string of the molecule is CCN(CCOC(C)=O)CCOC(=O)NCCOCCOCCNC(=O)CCOCCNC(=O)OC(CCNC(C)=O)CCNC(=O)OCCOC. The second kappa shape index (κ2) is 34.1. The Morgan fingerprint density at radius 3 is 1.65 bits per heavy atom. The fourth-order valence-corrected chi connectivity index (χ4v) is 3.92. The highest BCUT2D eigenvalue weighted by molar-refractivity contribution is 5.76. The molecule has 0 heterocycles. The van der Waals surface area contributed by atoms with Gasteiger partial charge in [0.25, 0.3) is 0 Å². The molecule has 0 aromatic heterocycles. The van der Waals surface area contributed by atoms with E-state index in [1.807, 2.05) is 11.8 Å². The molecule has 0 fully saturated rings. The van der Waals surface area contributed by atoms with Crippen molar-refractivity contribution in [1.29, 1.82) is 0 Å². The highest BCUT2D eigenvalue weighted by atomic mass is 16.6. The molecule has 0 aliphatic heterocycles. The number of methoxy groups -OCH3 is 1. The molecule has 0 radical (unpaired) electrons. The van der Waals surface area contributed by atoms with Crippen LogP contribution in [0.4, 0.5) is 14.4 Å². The van der Waals surface area contributed by atoms with Crippen molar-refractivity contribution in [2.24, 2.45) is 0 Å². The van der Waals surface area contributed by atoms with Crippen LogP contribution >= 0.6 is 0 Å². The molecule has 5 N–H and O–H groups in total. The average molecular weight is 753 g/mol. The molecule has 302 valence electrons. The third-order valence-corrected chi connectivity index (χ3v) is 6.62. The van der Waals surface area contributed by atoms with Crippen LogP contribution in [0.3, 0.4) is 0 Å². The van der Waals surface area contributed by atoms with E-state index in [-0.39, 0.29) is 90.1 Å². The zero-order valence-corrected chi connectivity index (χ0v) is 31.1. The molecule has 0 aromatic rings. The van der Waals surface area contributed by atoms with E-state index in [1.165, 1.54) is 21.0 Å². The van der Waals surface area contributed by atoms with E-state index in [9.17, 15) is 28.8 Å². The molecule has 0 bridgehead atoms. The summed E-state index contributed by atoms with van der Waals surface area (Å²) in [5.41, 5.74) is 0. The lowest BCUT2D eigenvalue weighted by Gasteiger charge is -2.19. The van der Waals surface area contributed by atoms with Crippen LogP contribution in [0.25, 0.3) is 0 Å². The number of hydrogen-bond donors (Lipinski definition) is 5. The Balaban J connectivity index is 3.81. The van der Waals surface area contributed by atoms with Crippen molar-refractivity contribution >= 4 is 36.1 Å². The van der Waals surface area contributed by atoms with Gasteiger partial charge in [0.1, 0.15) is 25.9 Å². The van der Waals surface area contributed by atoms with Crippen molar-refractivity contribution < 1.29 is 66.7 Å². The second-order valence-electron chi connectivity index (χ2n) is 10.8. The summed E-state index contributed by atoms with van der Waals surface area (Å²) in [6.07, 6.45) is -1.64. The van der Waals surface area contributed by atoms with Gasteiger partial charge in [-0.1, -0.05) is 6.92 Å². The Bertz CT molecular complexity index is 993. The van der Waals surface area contributed by atoms with Crippen LogP contribution in [0.2, 0.25) is 0 Å². The van der Waals surface area contributed by atoms with E-state index in [1.54, 1.807) is 0 Å². The molecule has 0 aliphatic rings. The summed E-state index contributed by atoms with van der Waals surface area (Å²) < 4.78 is 41.4. The fraction of sp³-hybridized carbons (Fsp3) is 0.812. The largest absolute Gasteiger partial charge is 0.465 e. The van der Waals surface area contributed by atoms with E-state index in [0.29, 0.717) is 58.8 Å². The maximum atomic E-state index is 12.2. The Morgan fingerprint density at radius 2 is 1.08 bits per heavy atom. The van der Waals surface area contributed by atoms with Crippen molar-refractivity contribution in [2.75, 3.05) is 126 Å². The number of amides is 5. The maximum absolute atomic E-state index is 12.2. The van der Waals surface area contributed by atoms with Gasteiger partial charge in [-0.25, -0.2) is 14.4 Å². The predicted molar refractivity (Wildman–Crippen MR) is 186 cm³/mol. The topological polar surface area (TPSA) is 240 Å². The summed E-state index contributed by atoms with van der Waals surface area (Å²) in [5, 5.41) is 13.1. The first-order valence-electron chi connectivity index (χ1n) is 17.4. The minimum absolute atomic E-state index is 0.111. The highest BCUT2D eigenvalue weighted by Crippen LogP contribution is 2.04. The summed E-state index contributed by atoms with van der Waals surface area (Å²) in [6, 6.07) is 0. The highest BCUT2D eigenvalue weighted by Gasteiger charge is 2.15. The predicted octanol–water partition coefficient (Wildman–Crippen LogP) is -0.463. The first kappa shape index (κ1) is 48.0. The van der Waals surface area contributed by atoms with E-state index >= 15 is 0 Å². The van der Waals surface area contributed by atoms with Crippen LogP contribution in [-0.4, -0.2) is 173 Å². The van der Waals surface area contributed by atoms with Crippen LogP contribution < -0.4 is 26.6 Å². The van der Waals surface area contributed by atoms with Crippen molar-refractivity contribution in [3.05, 3.63) is 0 Å². The number of ether oxygens (including phenoxy) is 8. The zero-order chi connectivity index (χ0) is 38.7. The molecule has 0 aliphatic carbocycles. The molecule has 0 rings (SSSR count). The molecule has 0 aromatic carbocycles. The quantitative estimate of drug-likeness (QED) is 0.0332. The van der Waals surface area contributed by atoms with E-state index in [4.69, 9.17) is 37.9 Å². The van der Waals surface area contributed by atoms with Crippen molar-refractivity contribution in [2.45, 2.75) is 46.1 Å². The Hall–Kier alpha value is -3.98. The molecule has 20 nitrogen and oxygen atoms in total. The van der Waals surface area contributed by atoms with Gasteiger partial charge in [-0.15, -0.1) is 0 Å². The van der Waals surface area contributed by atoms with Crippen molar-refractivity contribution in [1.82, 2.24) is 31.5 Å². The maximum Gasteiger partial charge on any atom is 0.407 e. The van der Waals surface area contributed by atoms with E-state index in [0.717, 1.165) is 6.54 Å². The van der Waals surface area contributed by atoms with Gasteiger partial charge in [0, 0.05) is 86.0 Å². The first-order valence-corrected chi connectivity index (χ1v) is 17.4. The van der Waals surface area contributed by atoms with Crippen LogP contribution in [-0.2, 0) is 52.3 Å². The molecule has 0 saturated heterocycles. The van der Waals surface area contributed by atoms with Gasteiger partial charge in [0.05, 0.1) is 46.2 Å². The standard InChI is InChI=1S/C32H60N6O14/c1-5-38(14-20-49-27(3)40)15-21-50-31(43)36-12-19-48-24-23-47-17-11-34-29(41)8-16-46-18-13-37-32(44)52-28(6-9-33-26(2)39)7-10-35-30(42)51-25-22-45-4/h28H,5-25H2,1-4H3,(H,33,39)(H,34,41)(H,35,42)(H,36,43)(H,37,44). The van der Waals surface area contributed by atoms with Crippen LogP contribution in [0, 0.1) is 0 Å². The van der Waals surface area contributed by atoms with Gasteiger partial charge < -0.3 is 64.5 Å². The van der Waals surface area contributed by atoms with Crippen LogP contribution in [0.1, 0.15) is 40.0 Å². The number of carbonyl (C=O) groups is 6. The number of esters is 1. The minimum Gasteiger partial charge on any atom is -0.465 e. The molecular weight excluding hydrogens is 692 g/mol. The van der Waals surface area contributed by atoms with Gasteiger partial charge in [0.15, 0.2) is 0 Å². The number of hydrogen-bond acceptors (Lipinski definition) is 15. The third-order valence-electron chi connectivity index (χ3n) is 6.62. The average Bonchev–Trinajstić information content (AvgIpc) is 3.09. The molecule has 0 spiro atoms. The number of alkyl carbamates (subject to hydrolysis) is 3. The van der Waals surface area contributed by atoms with E-state index in [2.05, 4.69) is 26.6 Å². The summed E-state index contributed by atoms with van der Waals surface area (Å²) in [4.78, 5) is 71.6. The summed E-state index contributed by atoms with van der Waals surface area (Å²) in [6.45, 7) is 10.1. The van der Waals surface area contributed by atoms with Crippen LogP contribution in [0.15, 0.2) is 0 Å². The Morgan fingerprint density at radius 1 is 0.558 bits per heavy atom. The number of rotatable bonds is 32. The lowest BCUT2D eigenvalue weighted by atomic mass is 10.2. The van der Waals surface area contributed by atoms with Gasteiger partial charge in [-0.2, -0.15) is 0 Å². The van der Waals surface area contributed by atoms with Gasteiger partial charge >= 0.3 is 24.2 Å². The van der Waals surface area contributed by atoms with Gasteiger partial charge in [-0.3, -0.25) is 19.3 Å². The lowest BCUT2D eigenvalue weighted by molar-refractivity contribution is -0.141. The fourth-order valence-electron chi connectivity index (χ4n) is 3.92. The molecular formula is C32H60N6O14. The number of carbonyl (C=O) groups excluding carboxylic acids is 6. The third kappa shape index (κ3) is 33.2. The van der Waals surface area contributed by atoms with Gasteiger partial charge in [-0.05, 0) is 6.54 Å². The molecule has 52 heavy (non-hydrogen) atoms. The monoisotopic (exact) mass is 752 g/mol. The molecule has 1 atom stereocenters. The Labute approximate surface area is 305 Å². The minimum atomic E-state index is -0.680. The normalized spacial score (nSPS) is 11.2. The second-order valence-corrected chi connectivity index (χ2v) is 10.8. The summed E-state index contributed by atoms with van der Waals surface area (Å²) >= 11 is 0. The summed E-state index contributed by atoms with van der Waals surface area (Å²) in [7, 11) is 1.49. The zero-order valence-electron chi connectivity index (χ0n) is 31.1. The molecule has 0 saturated carbocycles. The first-order chi connectivity index (χ1) is 25.1. The number of likely N-dealkylation sites (N-methyl/N-ethyl adjacent to an activating group) is 1.